The van der Waals surface area contributed by atoms with Crippen molar-refractivity contribution < 1.29 is 4.74 Å². The van der Waals surface area contributed by atoms with Crippen molar-refractivity contribution in [3.63, 3.8) is 0 Å². The second-order valence-electron chi connectivity index (χ2n) is 7.33. The average molecular weight is 353 g/mol. The van der Waals surface area contributed by atoms with Gasteiger partial charge in [-0.2, -0.15) is 0 Å². The molecule has 0 spiro atoms. The van der Waals surface area contributed by atoms with E-state index in [-0.39, 0.29) is 0 Å². The normalized spacial score (nSPS) is 10.8. The molecule has 0 aliphatic heterocycles. The van der Waals surface area contributed by atoms with Crippen LogP contribution in [0.25, 0.3) is 0 Å². The molecule has 2 aromatic carbocycles. The molecule has 0 N–H and O–H groups in total. The molecule has 1 heteroatoms. The van der Waals surface area contributed by atoms with Crippen molar-refractivity contribution in [2.24, 2.45) is 0 Å². The lowest BCUT2D eigenvalue weighted by molar-refractivity contribution is 0.305. The van der Waals surface area contributed by atoms with Crippen LogP contribution in [0.1, 0.15) is 75.5 Å². The van der Waals surface area contributed by atoms with Gasteiger partial charge in [0.15, 0.2) is 0 Å². The van der Waals surface area contributed by atoms with E-state index in [0.29, 0.717) is 0 Å². The summed E-state index contributed by atoms with van der Waals surface area (Å²) in [7, 11) is 0. The van der Waals surface area contributed by atoms with Gasteiger partial charge in [0.1, 0.15) is 5.75 Å². The fraction of sp³-hybridized carbons (Fsp3) is 0.520. The fourth-order valence-electron chi connectivity index (χ4n) is 3.29. The number of benzene rings is 2. The fourth-order valence-corrected chi connectivity index (χ4v) is 3.29. The van der Waals surface area contributed by atoms with Crippen molar-refractivity contribution in [1.82, 2.24) is 0 Å². The molecule has 0 saturated carbocycles. The van der Waals surface area contributed by atoms with Gasteiger partial charge in [-0.3, -0.25) is 0 Å². The number of rotatable bonds is 13. The zero-order valence-corrected chi connectivity index (χ0v) is 16.8. The molecule has 0 bridgehead atoms. The van der Waals surface area contributed by atoms with Crippen molar-refractivity contribution in [2.75, 3.05) is 6.61 Å². The van der Waals surface area contributed by atoms with Gasteiger partial charge in [0.25, 0.3) is 0 Å². The van der Waals surface area contributed by atoms with E-state index in [2.05, 4.69) is 62.4 Å². The Morgan fingerprint density at radius 2 is 1.08 bits per heavy atom. The molecule has 0 aliphatic carbocycles. The van der Waals surface area contributed by atoms with Gasteiger partial charge >= 0.3 is 0 Å². The molecule has 142 valence electrons. The Morgan fingerprint density at radius 3 is 1.62 bits per heavy atom. The van der Waals surface area contributed by atoms with E-state index in [1.165, 1.54) is 68.1 Å². The topological polar surface area (TPSA) is 9.23 Å². The summed E-state index contributed by atoms with van der Waals surface area (Å²) in [5.74, 6) is 1.01. The highest BCUT2D eigenvalue weighted by Crippen LogP contribution is 2.16. The Labute approximate surface area is 160 Å². The molecule has 2 aromatic rings. The number of hydrogen-bond acceptors (Lipinski definition) is 1. The molecule has 0 unspecified atom stereocenters. The van der Waals surface area contributed by atoms with Crippen LogP contribution in [-0.2, 0) is 19.3 Å². The van der Waals surface area contributed by atoms with Crippen molar-refractivity contribution in [3.05, 3.63) is 65.2 Å². The molecular formula is C25H36O. The molecule has 1 nitrogen and oxygen atoms in total. The van der Waals surface area contributed by atoms with Crippen LogP contribution in [0, 0.1) is 0 Å². The standard InChI is InChI=1S/C25H36O/c1-3-5-6-9-21-26-25-19-17-24(18-20-25)12-8-7-11-23-15-13-22(10-4-2)14-16-23/h13-20H,3-12,21H2,1-2H3. The first-order valence-corrected chi connectivity index (χ1v) is 10.6. The number of aryl methyl sites for hydroxylation is 3. The first-order valence-electron chi connectivity index (χ1n) is 10.6. The van der Waals surface area contributed by atoms with Gasteiger partial charge in [0.05, 0.1) is 6.61 Å². The lowest BCUT2D eigenvalue weighted by atomic mass is 10.0. The summed E-state index contributed by atoms with van der Waals surface area (Å²) in [5, 5.41) is 0. The van der Waals surface area contributed by atoms with Crippen molar-refractivity contribution in [1.29, 1.82) is 0 Å². The molecular weight excluding hydrogens is 316 g/mol. The summed E-state index contributed by atoms with van der Waals surface area (Å²) in [6.07, 6.45) is 12.3. The van der Waals surface area contributed by atoms with E-state index in [4.69, 9.17) is 4.74 Å². The average Bonchev–Trinajstić information content (AvgIpc) is 2.68. The van der Waals surface area contributed by atoms with Crippen molar-refractivity contribution in [3.8, 4) is 5.75 Å². The number of hydrogen-bond donors (Lipinski definition) is 0. The Balaban J connectivity index is 1.61. The summed E-state index contributed by atoms with van der Waals surface area (Å²) >= 11 is 0. The van der Waals surface area contributed by atoms with Crippen LogP contribution >= 0.6 is 0 Å². The monoisotopic (exact) mass is 352 g/mol. The predicted octanol–water partition coefficient (Wildman–Crippen LogP) is 7.16. The summed E-state index contributed by atoms with van der Waals surface area (Å²) < 4.78 is 5.82. The first kappa shape index (κ1) is 20.6. The summed E-state index contributed by atoms with van der Waals surface area (Å²) in [6, 6.07) is 17.9. The zero-order chi connectivity index (χ0) is 18.5. The van der Waals surface area contributed by atoms with E-state index in [1.807, 2.05) is 0 Å². The van der Waals surface area contributed by atoms with Crippen LogP contribution in [0.2, 0.25) is 0 Å². The Bertz CT molecular complexity index is 583. The highest BCUT2D eigenvalue weighted by atomic mass is 16.5. The van der Waals surface area contributed by atoms with Crippen LogP contribution in [-0.4, -0.2) is 6.61 Å². The Kier molecular flexibility index (Phi) is 9.94. The lowest BCUT2D eigenvalue weighted by Gasteiger charge is -2.07. The van der Waals surface area contributed by atoms with Crippen molar-refractivity contribution in [2.45, 2.75) is 78.1 Å². The second kappa shape index (κ2) is 12.6. The highest BCUT2D eigenvalue weighted by Gasteiger charge is 1.99. The van der Waals surface area contributed by atoms with Gasteiger partial charge in [-0.15, -0.1) is 0 Å². The zero-order valence-electron chi connectivity index (χ0n) is 16.8. The maximum Gasteiger partial charge on any atom is 0.119 e. The summed E-state index contributed by atoms with van der Waals surface area (Å²) in [4.78, 5) is 0. The maximum atomic E-state index is 5.82. The second-order valence-corrected chi connectivity index (χ2v) is 7.33. The van der Waals surface area contributed by atoms with Gasteiger partial charge in [-0.1, -0.05) is 75.9 Å². The number of ether oxygens (including phenoxy) is 1. The van der Waals surface area contributed by atoms with E-state index >= 15 is 0 Å². The molecule has 2 rings (SSSR count). The minimum absolute atomic E-state index is 0.844. The molecule has 0 aliphatic rings. The molecule has 26 heavy (non-hydrogen) atoms. The molecule has 0 fully saturated rings. The summed E-state index contributed by atoms with van der Waals surface area (Å²) in [5.41, 5.74) is 4.35. The summed E-state index contributed by atoms with van der Waals surface area (Å²) in [6.45, 7) is 5.32. The van der Waals surface area contributed by atoms with Gasteiger partial charge in [-0.05, 0) is 67.3 Å². The van der Waals surface area contributed by atoms with E-state index in [9.17, 15) is 0 Å². The van der Waals surface area contributed by atoms with Crippen LogP contribution in [0.15, 0.2) is 48.5 Å². The lowest BCUT2D eigenvalue weighted by Crippen LogP contribution is -1.97. The van der Waals surface area contributed by atoms with Gasteiger partial charge in [0, 0.05) is 0 Å². The molecule has 0 radical (unpaired) electrons. The van der Waals surface area contributed by atoms with Gasteiger partial charge in [-0.25, -0.2) is 0 Å². The number of unbranched alkanes of at least 4 members (excludes halogenated alkanes) is 4. The molecule has 0 aromatic heterocycles. The van der Waals surface area contributed by atoms with Gasteiger partial charge < -0.3 is 4.74 Å². The SMILES string of the molecule is CCCCCCOc1ccc(CCCCc2ccc(CCC)cc2)cc1. The molecule has 0 saturated heterocycles. The predicted molar refractivity (Wildman–Crippen MR) is 113 cm³/mol. The largest absolute Gasteiger partial charge is 0.494 e. The first-order chi connectivity index (χ1) is 12.8. The van der Waals surface area contributed by atoms with Crippen LogP contribution in [0.3, 0.4) is 0 Å². The minimum atomic E-state index is 0.844. The van der Waals surface area contributed by atoms with E-state index in [0.717, 1.165) is 25.2 Å². The van der Waals surface area contributed by atoms with Crippen molar-refractivity contribution >= 4 is 0 Å². The van der Waals surface area contributed by atoms with E-state index in [1.54, 1.807) is 0 Å². The van der Waals surface area contributed by atoms with Gasteiger partial charge in [0.2, 0.25) is 0 Å². The molecule has 0 amide bonds. The van der Waals surface area contributed by atoms with Crippen LogP contribution < -0.4 is 4.74 Å². The quantitative estimate of drug-likeness (QED) is 0.347. The highest BCUT2D eigenvalue weighted by molar-refractivity contribution is 5.27. The van der Waals surface area contributed by atoms with Crippen LogP contribution in [0.5, 0.6) is 5.75 Å². The molecule has 0 heterocycles. The third-order valence-electron chi connectivity index (χ3n) is 4.93. The maximum absolute atomic E-state index is 5.82. The Morgan fingerprint density at radius 1 is 0.538 bits per heavy atom. The smallest absolute Gasteiger partial charge is 0.119 e. The third-order valence-corrected chi connectivity index (χ3v) is 4.93. The van der Waals surface area contributed by atoms with E-state index < -0.39 is 0 Å². The minimum Gasteiger partial charge on any atom is -0.494 e. The molecule has 0 atom stereocenters. The third kappa shape index (κ3) is 8.08. The van der Waals surface area contributed by atoms with Crippen LogP contribution in [0.4, 0.5) is 0 Å². The Hall–Kier alpha value is -1.76.